The van der Waals surface area contributed by atoms with Crippen LogP contribution >= 0.6 is 35.3 Å². The van der Waals surface area contributed by atoms with E-state index < -0.39 is 0 Å². The molecular weight excluding hydrogens is 495 g/mol. The molecule has 0 bridgehead atoms. The number of nitrogens with zero attached hydrogens (tertiary/aromatic N) is 5. The molecule has 1 saturated heterocycles. The molecule has 29 heavy (non-hydrogen) atoms. The first-order valence-corrected chi connectivity index (χ1v) is 10.5. The third-order valence-electron chi connectivity index (χ3n) is 4.96. The molecule has 0 amide bonds. The lowest BCUT2D eigenvalue weighted by molar-refractivity contribution is 0.374. The SMILES string of the molecule is CN=C(NCCc1cnn(-c2ccccc2)c1)N1CCN(c2cccs2)CC1.I. The van der Waals surface area contributed by atoms with Gasteiger partial charge in [-0.05, 0) is 41.6 Å². The number of benzene rings is 1. The zero-order valence-corrected chi connectivity index (χ0v) is 19.7. The van der Waals surface area contributed by atoms with E-state index >= 15 is 0 Å². The maximum absolute atomic E-state index is 4.48. The minimum Gasteiger partial charge on any atom is -0.360 e. The summed E-state index contributed by atoms with van der Waals surface area (Å²) in [4.78, 5) is 9.27. The number of piperazine rings is 1. The molecule has 1 aromatic carbocycles. The normalized spacial score (nSPS) is 14.6. The summed E-state index contributed by atoms with van der Waals surface area (Å²) >= 11 is 1.81. The van der Waals surface area contributed by atoms with Gasteiger partial charge in [-0.15, -0.1) is 35.3 Å². The maximum Gasteiger partial charge on any atom is 0.193 e. The smallest absolute Gasteiger partial charge is 0.193 e. The van der Waals surface area contributed by atoms with Gasteiger partial charge in [-0.1, -0.05) is 18.2 Å². The van der Waals surface area contributed by atoms with Crippen LogP contribution in [0.4, 0.5) is 5.00 Å². The molecule has 1 aliphatic heterocycles. The predicted molar refractivity (Wildman–Crippen MR) is 132 cm³/mol. The number of hydrogen-bond acceptors (Lipinski definition) is 4. The van der Waals surface area contributed by atoms with Crippen LogP contribution in [0.15, 0.2) is 65.2 Å². The number of rotatable bonds is 5. The first kappa shape index (κ1) is 21.6. The summed E-state index contributed by atoms with van der Waals surface area (Å²) in [6, 6.07) is 14.5. The van der Waals surface area contributed by atoms with E-state index in [1.54, 1.807) is 0 Å². The van der Waals surface area contributed by atoms with Crippen molar-refractivity contribution in [2.75, 3.05) is 44.7 Å². The van der Waals surface area contributed by atoms with Gasteiger partial charge in [-0.25, -0.2) is 4.68 Å². The van der Waals surface area contributed by atoms with Gasteiger partial charge in [0.2, 0.25) is 0 Å². The van der Waals surface area contributed by atoms with Crippen LogP contribution in [0.1, 0.15) is 5.56 Å². The molecule has 3 heterocycles. The monoisotopic (exact) mass is 522 g/mol. The number of anilines is 1. The highest BCUT2D eigenvalue weighted by Crippen LogP contribution is 2.22. The molecule has 8 heteroatoms. The van der Waals surface area contributed by atoms with Crippen LogP contribution < -0.4 is 10.2 Å². The first-order chi connectivity index (χ1) is 13.8. The fourth-order valence-corrected chi connectivity index (χ4v) is 4.24. The van der Waals surface area contributed by atoms with Crippen LogP contribution in [0.25, 0.3) is 5.69 Å². The average Bonchev–Trinajstić information content (AvgIpc) is 3.45. The van der Waals surface area contributed by atoms with E-state index in [2.05, 4.69) is 61.1 Å². The standard InChI is InChI=1S/C21H26N6S.HI/c1-22-21(26-13-11-25(12-14-26)20-8-5-15-28-20)23-10-9-18-16-24-27(17-18)19-6-3-2-4-7-19;/h2-8,15-17H,9-14H2,1H3,(H,22,23);1H. The van der Waals surface area contributed by atoms with Gasteiger partial charge < -0.3 is 15.1 Å². The quantitative estimate of drug-likeness (QED) is 0.317. The molecule has 1 fully saturated rings. The molecule has 0 radical (unpaired) electrons. The molecule has 0 spiro atoms. The number of hydrogen-bond donors (Lipinski definition) is 1. The number of aromatic nitrogens is 2. The number of guanidine groups is 1. The lowest BCUT2D eigenvalue weighted by Gasteiger charge is -2.37. The second kappa shape index (κ2) is 10.6. The van der Waals surface area contributed by atoms with E-state index in [1.165, 1.54) is 10.6 Å². The van der Waals surface area contributed by atoms with Gasteiger partial charge in [0, 0.05) is 46.0 Å². The fraction of sp³-hybridized carbons (Fsp3) is 0.333. The van der Waals surface area contributed by atoms with Gasteiger partial charge in [0.25, 0.3) is 0 Å². The Balaban J connectivity index is 0.00000240. The molecule has 6 nitrogen and oxygen atoms in total. The number of aliphatic imine (C=N–C) groups is 1. The third kappa shape index (κ3) is 5.51. The second-order valence-corrected chi connectivity index (χ2v) is 7.70. The van der Waals surface area contributed by atoms with Crippen molar-refractivity contribution in [2.45, 2.75) is 6.42 Å². The van der Waals surface area contributed by atoms with Gasteiger partial charge in [-0.3, -0.25) is 4.99 Å². The Morgan fingerprint density at radius 1 is 1.10 bits per heavy atom. The van der Waals surface area contributed by atoms with Crippen molar-refractivity contribution in [2.24, 2.45) is 4.99 Å². The zero-order valence-electron chi connectivity index (χ0n) is 16.6. The van der Waals surface area contributed by atoms with Gasteiger partial charge in [-0.2, -0.15) is 5.10 Å². The summed E-state index contributed by atoms with van der Waals surface area (Å²) in [6.45, 7) is 4.89. The van der Waals surface area contributed by atoms with Crippen molar-refractivity contribution < 1.29 is 0 Å². The van der Waals surface area contributed by atoms with Gasteiger partial charge in [0.05, 0.1) is 16.9 Å². The van der Waals surface area contributed by atoms with Crippen LogP contribution in [-0.2, 0) is 6.42 Å². The molecule has 0 unspecified atom stereocenters. The Morgan fingerprint density at radius 3 is 2.59 bits per heavy atom. The molecule has 0 atom stereocenters. The Bertz CT molecular complexity index is 885. The summed E-state index contributed by atoms with van der Waals surface area (Å²) in [5.41, 5.74) is 2.30. The molecule has 4 rings (SSSR count). The summed E-state index contributed by atoms with van der Waals surface area (Å²) in [7, 11) is 1.86. The van der Waals surface area contributed by atoms with Crippen LogP contribution in [0.2, 0.25) is 0 Å². The highest BCUT2D eigenvalue weighted by atomic mass is 127. The maximum atomic E-state index is 4.48. The van der Waals surface area contributed by atoms with E-state index in [0.29, 0.717) is 0 Å². The van der Waals surface area contributed by atoms with Crippen LogP contribution in [-0.4, -0.2) is 60.4 Å². The van der Waals surface area contributed by atoms with Gasteiger partial charge in [0.15, 0.2) is 5.96 Å². The summed E-state index contributed by atoms with van der Waals surface area (Å²) in [6.07, 6.45) is 4.96. The van der Waals surface area contributed by atoms with Crippen LogP contribution in [0, 0.1) is 0 Å². The Kier molecular flexibility index (Phi) is 7.93. The van der Waals surface area contributed by atoms with E-state index in [9.17, 15) is 0 Å². The van der Waals surface area contributed by atoms with Crippen molar-refractivity contribution in [3.05, 3.63) is 65.8 Å². The fourth-order valence-electron chi connectivity index (χ4n) is 3.45. The van der Waals surface area contributed by atoms with Crippen molar-refractivity contribution >= 4 is 46.3 Å². The molecule has 154 valence electrons. The number of para-hydroxylation sites is 1. The summed E-state index contributed by atoms with van der Waals surface area (Å²) in [5, 5.41) is 11.5. The van der Waals surface area contributed by atoms with E-state index in [-0.39, 0.29) is 24.0 Å². The zero-order chi connectivity index (χ0) is 19.2. The molecule has 2 aromatic heterocycles. The third-order valence-corrected chi connectivity index (χ3v) is 5.89. The number of halogens is 1. The molecule has 0 aliphatic carbocycles. The van der Waals surface area contributed by atoms with E-state index in [1.807, 2.05) is 47.5 Å². The highest BCUT2D eigenvalue weighted by Gasteiger charge is 2.20. The summed E-state index contributed by atoms with van der Waals surface area (Å²) < 4.78 is 1.92. The molecular formula is C21H27IN6S. The average molecular weight is 522 g/mol. The first-order valence-electron chi connectivity index (χ1n) is 9.66. The van der Waals surface area contributed by atoms with E-state index in [4.69, 9.17) is 0 Å². The van der Waals surface area contributed by atoms with Crippen molar-refractivity contribution in [3.8, 4) is 5.69 Å². The Labute approximate surface area is 193 Å². The molecule has 1 N–H and O–H groups in total. The molecule has 1 aliphatic rings. The summed E-state index contributed by atoms with van der Waals surface area (Å²) in [5.74, 6) is 0.987. The van der Waals surface area contributed by atoms with Gasteiger partial charge in [0.1, 0.15) is 0 Å². The topological polar surface area (TPSA) is 48.7 Å². The van der Waals surface area contributed by atoms with Crippen LogP contribution in [0.3, 0.4) is 0 Å². The van der Waals surface area contributed by atoms with Gasteiger partial charge >= 0.3 is 0 Å². The molecule has 3 aromatic rings. The molecule has 0 saturated carbocycles. The van der Waals surface area contributed by atoms with Crippen molar-refractivity contribution in [3.63, 3.8) is 0 Å². The van der Waals surface area contributed by atoms with Crippen molar-refractivity contribution in [1.82, 2.24) is 20.0 Å². The van der Waals surface area contributed by atoms with E-state index in [0.717, 1.165) is 50.8 Å². The van der Waals surface area contributed by atoms with Crippen LogP contribution in [0.5, 0.6) is 0 Å². The Hall–Kier alpha value is -2.07. The number of thiophene rings is 1. The van der Waals surface area contributed by atoms with Crippen molar-refractivity contribution in [1.29, 1.82) is 0 Å². The minimum atomic E-state index is 0. The highest BCUT2D eigenvalue weighted by molar-refractivity contribution is 14.0. The predicted octanol–water partition coefficient (Wildman–Crippen LogP) is 3.49. The largest absolute Gasteiger partial charge is 0.360 e. The number of nitrogens with one attached hydrogen (secondary N) is 1. The minimum absolute atomic E-state index is 0. The lowest BCUT2D eigenvalue weighted by atomic mass is 10.2. The second-order valence-electron chi connectivity index (χ2n) is 6.78. The lowest BCUT2D eigenvalue weighted by Crippen LogP contribution is -2.52. The Morgan fingerprint density at radius 2 is 1.90 bits per heavy atom.